The third-order valence-corrected chi connectivity index (χ3v) is 4.58. The molecule has 2 rings (SSSR count). The highest BCUT2D eigenvalue weighted by Gasteiger charge is 2.36. The molecule has 116 valence electrons. The molecule has 0 saturated heterocycles. The third-order valence-electron chi connectivity index (χ3n) is 4.58. The van der Waals surface area contributed by atoms with Crippen molar-refractivity contribution in [3.05, 3.63) is 11.8 Å². The van der Waals surface area contributed by atoms with E-state index < -0.39 is 5.97 Å². The van der Waals surface area contributed by atoms with Gasteiger partial charge < -0.3 is 10.5 Å². The molecule has 21 heavy (non-hydrogen) atoms. The van der Waals surface area contributed by atoms with Gasteiger partial charge in [-0.1, -0.05) is 6.92 Å². The van der Waals surface area contributed by atoms with E-state index in [2.05, 4.69) is 5.10 Å². The molecule has 1 saturated carbocycles. The number of hydrogen-bond acceptors (Lipinski definition) is 5. The van der Waals surface area contributed by atoms with E-state index in [9.17, 15) is 9.59 Å². The summed E-state index contributed by atoms with van der Waals surface area (Å²) in [6, 6.07) is 0.139. The van der Waals surface area contributed by atoms with E-state index in [-0.39, 0.29) is 17.2 Å². The van der Waals surface area contributed by atoms with Crippen LogP contribution in [0.3, 0.4) is 0 Å². The second-order valence-electron chi connectivity index (χ2n) is 5.96. The Morgan fingerprint density at radius 3 is 2.62 bits per heavy atom. The summed E-state index contributed by atoms with van der Waals surface area (Å²) in [7, 11) is 0. The van der Waals surface area contributed by atoms with Gasteiger partial charge in [0, 0.05) is 5.41 Å². The van der Waals surface area contributed by atoms with Gasteiger partial charge in [-0.25, -0.2) is 9.48 Å². The highest BCUT2D eigenvalue weighted by atomic mass is 16.5. The van der Waals surface area contributed by atoms with Gasteiger partial charge in [-0.15, -0.1) is 0 Å². The molecule has 0 amide bonds. The summed E-state index contributed by atoms with van der Waals surface area (Å²) in [5.41, 5.74) is 6.11. The number of rotatable bonds is 4. The average molecular weight is 293 g/mol. The molecule has 0 spiro atoms. The van der Waals surface area contributed by atoms with Crippen LogP contribution < -0.4 is 5.73 Å². The Hall–Kier alpha value is -1.85. The smallest absolute Gasteiger partial charge is 0.343 e. The fraction of sp³-hybridized carbons (Fsp3) is 0.667. The first-order valence-corrected chi connectivity index (χ1v) is 7.40. The molecule has 1 fully saturated rings. The molecule has 2 N–H and O–H groups in total. The molecule has 0 radical (unpaired) electrons. The zero-order valence-electron chi connectivity index (χ0n) is 12.9. The van der Waals surface area contributed by atoms with Gasteiger partial charge in [-0.2, -0.15) is 5.10 Å². The molecule has 0 aliphatic heterocycles. The molecule has 0 unspecified atom stereocenters. The summed E-state index contributed by atoms with van der Waals surface area (Å²) in [6.07, 6.45) is 4.78. The highest BCUT2D eigenvalue weighted by molar-refractivity contribution is 5.94. The summed E-state index contributed by atoms with van der Waals surface area (Å²) < 4.78 is 6.66. The first-order chi connectivity index (χ1) is 9.89. The number of esters is 1. The summed E-state index contributed by atoms with van der Waals surface area (Å²) in [5, 5.41) is 4.24. The van der Waals surface area contributed by atoms with Crippen LogP contribution in [0, 0.1) is 5.41 Å². The lowest BCUT2D eigenvalue weighted by molar-refractivity contribution is -0.127. The lowest BCUT2D eigenvalue weighted by Crippen LogP contribution is -2.32. The number of hydrogen-bond donors (Lipinski definition) is 1. The number of aromatic nitrogens is 2. The number of nitrogens with zero attached hydrogens (tertiary/aromatic N) is 2. The molecule has 6 nitrogen and oxygen atoms in total. The number of ether oxygens (including phenoxy) is 1. The molecule has 0 aromatic carbocycles. The van der Waals surface area contributed by atoms with Crippen molar-refractivity contribution in [1.29, 1.82) is 0 Å². The van der Waals surface area contributed by atoms with Gasteiger partial charge >= 0.3 is 5.97 Å². The van der Waals surface area contributed by atoms with Gasteiger partial charge in [0.05, 0.1) is 18.8 Å². The summed E-state index contributed by atoms with van der Waals surface area (Å²) in [4.78, 5) is 23.4. The van der Waals surface area contributed by atoms with Gasteiger partial charge in [-0.05, 0) is 39.5 Å². The van der Waals surface area contributed by atoms with E-state index in [1.165, 1.54) is 6.20 Å². The van der Waals surface area contributed by atoms with Crippen molar-refractivity contribution in [1.82, 2.24) is 9.78 Å². The lowest BCUT2D eigenvalue weighted by Gasteiger charge is -2.35. The monoisotopic (exact) mass is 293 g/mol. The Morgan fingerprint density at radius 2 is 2.10 bits per heavy atom. The van der Waals surface area contributed by atoms with Crippen LogP contribution in [0.2, 0.25) is 0 Å². The van der Waals surface area contributed by atoms with E-state index in [0.717, 1.165) is 25.7 Å². The predicted octanol–water partition coefficient (Wildman–Crippen LogP) is 2.35. The Labute approximate surface area is 124 Å². The number of nitrogens with two attached hydrogens (primary N) is 1. The standard InChI is InChI=1S/C15H23N3O3/c1-4-21-14(20)12-9-17-18(13(12)16)11-5-7-15(3,8-6-11)10(2)19/h9,11H,4-8,16H2,1-3H3. The maximum absolute atomic E-state index is 11.8. The molecule has 0 bridgehead atoms. The van der Waals surface area contributed by atoms with Crippen LogP contribution in [-0.2, 0) is 9.53 Å². The Balaban J connectivity index is 2.11. The molecular formula is C15H23N3O3. The minimum absolute atomic E-state index is 0.139. The van der Waals surface area contributed by atoms with E-state index in [0.29, 0.717) is 18.0 Å². The van der Waals surface area contributed by atoms with E-state index in [1.54, 1.807) is 18.5 Å². The van der Waals surface area contributed by atoms with Crippen molar-refractivity contribution >= 4 is 17.6 Å². The zero-order chi connectivity index (χ0) is 15.6. The predicted molar refractivity (Wildman–Crippen MR) is 78.9 cm³/mol. The molecule has 1 aromatic heterocycles. The minimum atomic E-state index is -0.439. The molecule has 1 aromatic rings. The van der Waals surface area contributed by atoms with Crippen molar-refractivity contribution < 1.29 is 14.3 Å². The Bertz CT molecular complexity index is 542. The third kappa shape index (κ3) is 2.94. The van der Waals surface area contributed by atoms with Crippen molar-refractivity contribution in [3.63, 3.8) is 0 Å². The molecule has 1 aliphatic rings. The molecule has 1 heterocycles. The van der Waals surface area contributed by atoms with Crippen LogP contribution in [-0.4, -0.2) is 28.1 Å². The number of Topliss-reactive ketones (excluding diaryl/α,β-unsaturated/α-hetero) is 1. The van der Waals surface area contributed by atoms with E-state index in [4.69, 9.17) is 10.5 Å². The first kappa shape index (κ1) is 15.5. The second kappa shape index (κ2) is 5.87. The number of carbonyl (C=O) groups is 2. The summed E-state index contributed by atoms with van der Waals surface area (Å²) in [5.74, 6) is 0.150. The largest absolute Gasteiger partial charge is 0.462 e. The van der Waals surface area contributed by atoms with Crippen LogP contribution in [0.15, 0.2) is 6.20 Å². The maximum atomic E-state index is 11.8. The minimum Gasteiger partial charge on any atom is -0.462 e. The molecule has 0 atom stereocenters. The van der Waals surface area contributed by atoms with Crippen molar-refractivity contribution in [2.75, 3.05) is 12.3 Å². The number of ketones is 1. The van der Waals surface area contributed by atoms with Crippen LogP contribution in [0.4, 0.5) is 5.82 Å². The van der Waals surface area contributed by atoms with Crippen molar-refractivity contribution in [2.24, 2.45) is 5.41 Å². The van der Waals surface area contributed by atoms with Crippen LogP contribution in [0.5, 0.6) is 0 Å². The topological polar surface area (TPSA) is 87.2 Å². The number of carbonyl (C=O) groups excluding carboxylic acids is 2. The summed E-state index contributed by atoms with van der Waals surface area (Å²) >= 11 is 0. The first-order valence-electron chi connectivity index (χ1n) is 7.40. The van der Waals surface area contributed by atoms with Crippen molar-refractivity contribution in [2.45, 2.75) is 52.5 Å². The molecular weight excluding hydrogens is 270 g/mol. The van der Waals surface area contributed by atoms with Crippen molar-refractivity contribution in [3.8, 4) is 0 Å². The lowest BCUT2D eigenvalue weighted by atomic mass is 9.71. The van der Waals surface area contributed by atoms with E-state index in [1.807, 2.05) is 6.92 Å². The fourth-order valence-electron chi connectivity index (χ4n) is 2.87. The Kier molecular flexibility index (Phi) is 4.34. The SMILES string of the molecule is CCOC(=O)c1cnn(C2CCC(C)(C(C)=O)CC2)c1N. The van der Waals surface area contributed by atoms with E-state index >= 15 is 0 Å². The average Bonchev–Trinajstić information content (AvgIpc) is 2.82. The molecule has 1 aliphatic carbocycles. The van der Waals surface area contributed by atoms with Gasteiger partial charge in [-0.3, -0.25) is 4.79 Å². The second-order valence-corrected chi connectivity index (χ2v) is 5.96. The van der Waals surface area contributed by atoms with Gasteiger partial charge in [0.25, 0.3) is 0 Å². The van der Waals surface area contributed by atoms with Gasteiger partial charge in [0.1, 0.15) is 17.2 Å². The van der Waals surface area contributed by atoms with Crippen LogP contribution >= 0.6 is 0 Å². The normalized spacial score (nSPS) is 25.6. The fourth-order valence-corrected chi connectivity index (χ4v) is 2.87. The van der Waals surface area contributed by atoms with Gasteiger partial charge in [0.2, 0.25) is 0 Å². The molecule has 6 heteroatoms. The summed E-state index contributed by atoms with van der Waals surface area (Å²) in [6.45, 7) is 5.73. The number of nitrogen functional groups attached to an aromatic ring is 1. The number of anilines is 1. The maximum Gasteiger partial charge on any atom is 0.343 e. The van der Waals surface area contributed by atoms with Crippen LogP contribution in [0.25, 0.3) is 0 Å². The van der Waals surface area contributed by atoms with Crippen LogP contribution in [0.1, 0.15) is 62.9 Å². The highest BCUT2D eigenvalue weighted by Crippen LogP contribution is 2.41. The van der Waals surface area contributed by atoms with Gasteiger partial charge in [0.15, 0.2) is 0 Å². The Morgan fingerprint density at radius 1 is 1.48 bits per heavy atom. The quantitative estimate of drug-likeness (QED) is 0.861. The zero-order valence-corrected chi connectivity index (χ0v) is 12.9.